The van der Waals surface area contributed by atoms with E-state index in [1.807, 2.05) is 29.2 Å². The molecule has 2 N–H and O–H groups in total. The molecule has 7 nitrogen and oxygen atoms in total. The van der Waals surface area contributed by atoms with Crippen LogP contribution in [0.3, 0.4) is 0 Å². The molecule has 4 rings (SSSR count). The number of fused-ring (bicyclic) bond motifs is 1. The summed E-state index contributed by atoms with van der Waals surface area (Å²) >= 11 is 0. The molecule has 8 heteroatoms. The topological polar surface area (TPSA) is 95.2 Å². The molecule has 1 aliphatic heterocycles. The van der Waals surface area contributed by atoms with Gasteiger partial charge < -0.3 is 9.88 Å². The van der Waals surface area contributed by atoms with Crippen LogP contribution in [0.2, 0.25) is 0 Å². The van der Waals surface area contributed by atoms with Crippen molar-refractivity contribution in [1.82, 2.24) is 19.6 Å². The molecule has 1 unspecified atom stereocenters. The van der Waals surface area contributed by atoms with Crippen molar-refractivity contribution in [3.05, 3.63) is 59.9 Å². The number of carbonyl (C=O) groups excluding carboxylic acids is 1. The Bertz CT molecular complexity index is 1120. The van der Waals surface area contributed by atoms with Crippen LogP contribution in [0.5, 0.6) is 0 Å². The third kappa shape index (κ3) is 4.24. The Hall–Kier alpha value is -2.71. The molecule has 0 spiro atoms. The largest absolute Gasteiger partial charge is 0.342 e. The smallest absolute Gasteiger partial charge is 0.253 e. The van der Waals surface area contributed by atoms with E-state index in [4.69, 9.17) is 4.98 Å². The molecule has 0 saturated carbocycles. The highest BCUT2D eigenvalue weighted by atomic mass is 32.2. The van der Waals surface area contributed by atoms with Gasteiger partial charge in [-0.2, -0.15) is 0 Å². The zero-order valence-electron chi connectivity index (χ0n) is 17.1. The minimum Gasteiger partial charge on any atom is -0.342 e. The van der Waals surface area contributed by atoms with Gasteiger partial charge in [0.25, 0.3) is 5.91 Å². The maximum absolute atomic E-state index is 13.0. The quantitative estimate of drug-likeness (QED) is 0.655. The predicted octanol–water partition coefficient (Wildman–Crippen LogP) is 3.27. The van der Waals surface area contributed by atoms with Gasteiger partial charge in [0.15, 0.2) is 0 Å². The fraction of sp³-hybridized carbons (Fsp3) is 0.364. The second kappa shape index (κ2) is 8.20. The van der Waals surface area contributed by atoms with E-state index in [2.05, 4.69) is 9.71 Å². The molecule has 1 amide bonds. The van der Waals surface area contributed by atoms with Crippen LogP contribution >= 0.6 is 0 Å². The van der Waals surface area contributed by atoms with Gasteiger partial charge in [0.1, 0.15) is 5.82 Å². The average molecular weight is 427 g/mol. The van der Waals surface area contributed by atoms with Crippen molar-refractivity contribution in [3.8, 4) is 0 Å². The summed E-state index contributed by atoms with van der Waals surface area (Å²) in [7, 11) is -3.57. The number of sulfonamides is 1. The Morgan fingerprint density at radius 1 is 1.17 bits per heavy atom. The second-order valence-corrected chi connectivity index (χ2v) is 9.74. The summed E-state index contributed by atoms with van der Waals surface area (Å²) in [5.41, 5.74) is 2.43. The van der Waals surface area contributed by atoms with E-state index in [0.29, 0.717) is 18.7 Å². The SMILES string of the molecule is CC(C)NS(=O)(=O)c1ccc(C(=O)N2CCCC(c3nc4ccccc4[nH]3)C2)cc1. The number of H-pyrrole nitrogens is 1. The Kier molecular flexibility index (Phi) is 5.62. The molecule has 1 atom stereocenters. The first-order valence-electron chi connectivity index (χ1n) is 10.2. The molecule has 2 heterocycles. The average Bonchev–Trinajstić information content (AvgIpc) is 3.17. The molecule has 1 fully saturated rings. The number of nitrogens with one attached hydrogen (secondary N) is 2. The van der Waals surface area contributed by atoms with E-state index in [0.717, 1.165) is 29.7 Å². The molecule has 3 aromatic rings. The van der Waals surface area contributed by atoms with Gasteiger partial charge in [-0.1, -0.05) is 12.1 Å². The molecule has 2 aromatic carbocycles. The number of rotatable bonds is 5. The highest BCUT2D eigenvalue weighted by molar-refractivity contribution is 7.89. The number of hydrogen-bond acceptors (Lipinski definition) is 4. The number of carbonyl (C=O) groups is 1. The van der Waals surface area contributed by atoms with E-state index in [1.54, 1.807) is 26.0 Å². The van der Waals surface area contributed by atoms with Gasteiger partial charge in [-0.3, -0.25) is 4.79 Å². The number of likely N-dealkylation sites (tertiary alicyclic amines) is 1. The lowest BCUT2D eigenvalue weighted by Crippen LogP contribution is -2.39. The lowest BCUT2D eigenvalue weighted by Gasteiger charge is -2.32. The zero-order valence-corrected chi connectivity index (χ0v) is 17.9. The molecule has 1 aromatic heterocycles. The first-order valence-corrected chi connectivity index (χ1v) is 11.7. The van der Waals surface area contributed by atoms with Gasteiger partial charge in [-0.15, -0.1) is 0 Å². The van der Waals surface area contributed by atoms with E-state index < -0.39 is 10.0 Å². The van der Waals surface area contributed by atoms with Crippen LogP contribution in [0, 0.1) is 0 Å². The summed E-state index contributed by atoms with van der Waals surface area (Å²) in [6, 6.07) is 13.9. The standard InChI is InChI=1S/C22H26N4O3S/c1-15(2)25-30(28,29)18-11-9-16(10-12-18)22(27)26-13-5-6-17(14-26)21-23-19-7-3-4-8-20(19)24-21/h3-4,7-12,15,17,25H,5-6,13-14H2,1-2H3,(H,23,24). The van der Waals surface area contributed by atoms with Crippen molar-refractivity contribution in [3.63, 3.8) is 0 Å². The van der Waals surface area contributed by atoms with Gasteiger partial charge in [-0.25, -0.2) is 18.1 Å². The van der Waals surface area contributed by atoms with Crippen LogP contribution in [-0.4, -0.2) is 48.3 Å². The van der Waals surface area contributed by atoms with E-state index in [1.165, 1.54) is 12.1 Å². The molecular formula is C22H26N4O3S. The van der Waals surface area contributed by atoms with Crippen molar-refractivity contribution in [2.24, 2.45) is 0 Å². The summed E-state index contributed by atoms with van der Waals surface area (Å²) < 4.78 is 27.1. The number of nitrogens with zero attached hydrogens (tertiary/aromatic N) is 2. The maximum atomic E-state index is 13.0. The molecule has 30 heavy (non-hydrogen) atoms. The highest BCUT2D eigenvalue weighted by Gasteiger charge is 2.27. The molecule has 0 radical (unpaired) electrons. The van der Waals surface area contributed by atoms with Gasteiger partial charge >= 0.3 is 0 Å². The summed E-state index contributed by atoms with van der Waals surface area (Å²) in [6.07, 6.45) is 1.87. The van der Waals surface area contributed by atoms with E-state index in [-0.39, 0.29) is 22.8 Å². The van der Waals surface area contributed by atoms with Gasteiger partial charge in [-0.05, 0) is 63.1 Å². The van der Waals surface area contributed by atoms with Crippen molar-refractivity contribution in [2.75, 3.05) is 13.1 Å². The maximum Gasteiger partial charge on any atom is 0.253 e. The Morgan fingerprint density at radius 3 is 2.60 bits per heavy atom. The van der Waals surface area contributed by atoms with Gasteiger partial charge in [0, 0.05) is 30.6 Å². The third-order valence-electron chi connectivity index (χ3n) is 5.31. The number of aromatic nitrogens is 2. The number of benzene rings is 2. The lowest BCUT2D eigenvalue weighted by atomic mass is 9.96. The number of piperidine rings is 1. The van der Waals surface area contributed by atoms with E-state index >= 15 is 0 Å². The Labute approximate surface area is 176 Å². The van der Waals surface area contributed by atoms with Gasteiger partial charge in [0.2, 0.25) is 10.0 Å². The fourth-order valence-electron chi connectivity index (χ4n) is 3.89. The van der Waals surface area contributed by atoms with Crippen molar-refractivity contribution < 1.29 is 13.2 Å². The van der Waals surface area contributed by atoms with Crippen molar-refractivity contribution in [1.29, 1.82) is 0 Å². The summed E-state index contributed by atoms with van der Waals surface area (Å²) in [6.45, 7) is 4.81. The molecule has 1 saturated heterocycles. The summed E-state index contributed by atoms with van der Waals surface area (Å²) in [5.74, 6) is 0.983. The normalized spacial score (nSPS) is 17.6. The molecule has 1 aliphatic rings. The second-order valence-electron chi connectivity index (χ2n) is 8.03. The van der Waals surface area contributed by atoms with Crippen LogP contribution in [0.1, 0.15) is 48.8 Å². The van der Waals surface area contributed by atoms with Crippen LogP contribution < -0.4 is 4.72 Å². The highest BCUT2D eigenvalue weighted by Crippen LogP contribution is 2.27. The number of aromatic amines is 1. The first kappa shape index (κ1) is 20.6. The monoisotopic (exact) mass is 426 g/mol. The lowest BCUT2D eigenvalue weighted by molar-refractivity contribution is 0.0705. The first-order chi connectivity index (χ1) is 14.3. The number of amides is 1. The molecule has 158 valence electrons. The molecule has 0 aliphatic carbocycles. The number of imidazole rings is 1. The van der Waals surface area contributed by atoms with Crippen LogP contribution in [0.4, 0.5) is 0 Å². The molecule has 0 bridgehead atoms. The van der Waals surface area contributed by atoms with Crippen LogP contribution in [0.15, 0.2) is 53.4 Å². The molecular weight excluding hydrogens is 400 g/mol. The third-order valence-corrected chi connectivity index (χ3v) is 6.98. The Balaban J connectivity index is 1.49. The minimum atomic E-state index is -3.57. The fourth-order valence-corrected chi connectivity index (χ4v) is 5.14. The van der Waals surface area contributed by atoms with Crippen molar-refractivity contribution >= 4 is 27.0 Å². The summed E-state index contributed by atoms with van der Waals surface area (Å²) in [4.78, 5) is 23.1. The number of hydrogen-bond donors (Lipinski definition) is 2. The van der Waals surface area contributed by atoms with Crippen molar-refractivity contribution in [2.45, 2.75) is 43.5 Å². The minimum absolute atomic E-state index is 0.0865. The summed E-state index contributed by atoms with van der Waals surface area (Å²) in [5, 5.41) is 0. The predicted molar refractivity (Wildman–Crippen MR) is 116 cm³/mol. The van der Waals surface area contributed by atoms with Crippen LogP contribution in [0.25, 0.3) is 11.0 Å². The van der Waals surface area contributed by atoms with Gasteiger partial charge in [0.05, 0.1) is 15.9 Å². The van der Waals surface area contributed by atoms with Crippen LogP contribution in [-0.2, 0) is 10.0 Å². The van der Waals surface area contributed by atoms with E-state index in [9.17, 15) is 13.2 Å². The number of para-hydroxylation sites is 2. The zero-order chi connectivity index (χ0) is 21.3. The Morgan fingerprint density at radius 2 is 1.90 bits per heavy atom.